The minimum atomic E-state index is -4.08. The van der Waals surface area contributed by atoms with Crippen LogP contribution in [0.5, 0.6) is 5.75 Å². The molecule has 1 saturated heterocycles. The smallest absolute Gasteiger partial charge is 0.387 e. The third-order valence-corrected chi connectivity index (χ3v) is 8.47. The van der Waals surface area contributed by atoms with E-state index >= 15 is 0 Å². The van der Waals surface area contributed by atoms with Crippen molar-refractivity contribution in [2.45, 2.75) is 43.7 Å². The average Bonchev–Trinajstić information content (AvgIpc) is 3.42. The number of fused-ring (bicyclic) bond motifs is 2. The third-order valence-electron chi connectivity index (χ3n) is 7.11. The van der Waals surface area contributed by atoms with Crippen molar-refractivity contribution in [3.63, 3.8) is 0 Å². The molecule has 0 radical (unpaired) electrons. The number of aromatic nitrogens is 5. The third kappa shape index (κ3) is 5.67. The van der Waals surface area contributed by atoms with Crippen LogP contribution in [0.2, 0.25) is 0 Å². The molecule has 1 atom stereocenters. The second-order valence-electron chi connectivity index (χ2n) is 9.89. The van der Waals surface area contributed by atoms with E-state index in [0.29, 0.717) is 11.5 Å². The van der Waals surface area contributed by atoms with Crippen molar-refractivity contribution in [2.24, 2.45) is 0 Å². The lowest BCUT2D eigenvalue weighted by molar-refractivity contribution is -0.0498. The van der Waals surface area contributed by atoms with Crippen molar-refractivity contribution >= 4 is 38.2 Å². The normalized spacial score (nSPS) is 15.8. The van der Waals surface area contributed by atoms with Crippen LogP contribution in [0.25, 0.3) is 27.7 Å². The SMILES string of the molecule is CCc1cc(-c2ccc3c(NS(=O)(=O)c4ccc(OC(F)F)cc4)ncnn23)cc2cnc(NC3CCCNC3)nc12. The van der Waals surface area contributed by atoms with Crippen molar-refractivity contribution in [3.8, 4) is 17.0 Å². The number of rotatable bonds is 9. The van der Waals surface area contributed by atoms with E-state index in [9.17, 15) is 17.2 Å². The number of sulfonamides is 1. The fraction of sp³-hybridized carbons (Fsp3) is 0.286. The highest BCUT2D eigenvalue weighted by Crippen LogP contribution is 2.31. The van der Waals surface area contributed by atoms with Gasteiger partial charge in [0.05, 0.1) is 16.1 Å². The van der Waals surface area contributed by atoms with Crippen LogP contribution in [0.3, 0.4) is 0 Å². The predicted molar refractivity (Wildman–Crippen MR) is 154 cm³/mol. The number of nitrogens with one attached hydrogen (secondary N) is 3. The minimum absolute atomic E-state index is 0.0666. The molecule has 0 spiro atoms. The Morgan fingerprint density at radius 2 is 1.98 bits per heavy atom. The number of benzene rings is 2. The molecule has 14 heteroatoms. The van der Waals surface area contributed by atoms with Gasteiger partial charge in [-0.05, 0) is 79.9 Å². The highest BCUT2D eigenvalue weighted by molar-refractivity contribution is 7.92. The van der Waals surface area contributed by atoms with Crippen LogP contribution in [-0.4, -0.2) is 58.7 Å². The molecule has 1 fully saturated rings. The van der Waals surface area contributed by atoms with E-state index in [1.807, 2.05) is 18.3 Å². The van der Waals surface area contributed by atoms with Gasteiger partial charge in [-0.1, -0.05) is 6.92 Å². The number of aryl methyl sites for hydroxylation is 1. The monoisotopic (exact) mass is 594 g/mol. The van der Waals surface area contributed by atoms with E-state index in [4.69, 9.17) is 4.98 Å². The summed E-state index contributed by atoms with van der Waals surface area (Å²) in [5.74, 6) is 0.524. The highest BCUT2D eigenvalue weighted by Gasteiger charge is 2.20. The molecule has 42 heavy (non-hydrogen) atoms. The summed E-state index contributed by atoms with van der Waals surface area (Å²) in [6.45, 7) is 0.966. The molecule has 11 nitrogen and oxygen atoms in total. The molecule has 4 heterocycles. The maximum absolute atomic E-state index is 13.0. The number of hydrogen-bond donors (Lipinski definition) is 3. The maximum Gasteiger partial charge on any atom is 0.387 e. The summed E-state index contributed by atoms with van der Waals surface area (Å²) in [5, 5.41) is 12.1. The first-order valence-corrected chi connectivity index (χ1v) is 15.0. The number of hydrogen-bond acceptors (Lipinski definition) is 9. The molecular formula is C28H28F2N8O3S. The molecule has 0 saturated carbocycles. The summed E-state index contributed by atoms with van der Waals surface area (Å²) < 4.78 is 59.4. The molecular weight excluding hydrogens is 566 g/mol. The van der Waals surface area contributed by atoms with E-state index < -0.39 is 16.6 Å². The summed E-state index contributed by atoms with van der Waals surface area (Å²) in [4.78, 5) is 13.4. The van der Waals surface area contributed by atoms with Crippen LogP contribution in [0.1, 0.15) is 25.3 Å². The summed E-state index contributed by atoms with van der Waals surface area (Å²) in [7, 11) is -4.08. The summed E-state index contributed by atoms with van der Waals surface area (Å²) in [5.41, 5.74) is 3.94. The molecule has 6 rings (SSSR count). The van der Waals surface area contributed by atoms with Crippen LogP contribution in [0.4, 0.5) is 20.5 Å². The second-order valence-corrected chi connectivity index (χ2v) is 11.6. The highest BCUT2D eigenvalue weighted by atomic mass is 32.2. The van der Waals surface area contributed by atoms with Crippen LogP contribution < -0.4 is 20.1 Å². The van der Waals surface area contributed by atoms with E-state index in [1.54, 1.807) is 10.6 Å². The molecule has 3 aromatic heterocycles. The van der Waals surface area contributed by atoms with Gasteiger partial charge in [-0.2, -0.15) is 13.9 Å². The van der Waals surface area contributed by atoms with Gasteiger partial charge in [-0.25, -0.2) is 27.9 Å². The van der Waals surface area contributed by atoms with Crippen LogP contribution in [0.15, 0.2) is 66.0 Å². The molecule has 1 aliphatic heterocycles. The minimum Gasteiger partial charge on any atom is -0.435 e. The number of nitrogens with zero attached hydrogens (tertiary/aromatic N) is 5. The zero-order valence-corrected chi connectivity index (χ0v) is 23.4. The van der Waals surface area contributed by atoms with E-state index in [2.05, 4.69) is 48.1 Å². The molecule has 1 aliphatic rings. The topological polar surface area (TPSA) is 135 Å². The Kier molecular flexibility index (Phi) is 7.56. The maximum atomic E-state index is 13.0. The molecule has 3 N–H and O–H groups in total. The van der Waals surface area contributed by atoms with Gasteiger partial charge in [0.1, 0.15) is 17.6 Å². The Morgan fingerprint density at radius 3 is 2.71 bits per heavy atom. The fourth-order valence-corrected chi connectivity index (χ4v) is 6.11. The van der Waals surface area contributed by atoms with E-state index in [-0.39, 0.29) is 22.5 Å². The van der Waals surface area contributed by atoms with Gasteiger partial charge in [0, 0.05) is 29.7 Å². The first-order valence-electron chi connectivity index (χ1n) is 13.5. The van der Waals surface area contributed by atoms with Crippen LogP contribution >= 0.6 is 0 Å². The number of ether oxygens (including phenoxy) is 1. The molecule has 0 amide bonds. The van der Waals surface area contributed by atoms with Gasteiger partial charge in [-0.15, -0.1) is 0 Å². The lowest BCUT2D eigenvalue weighted by atomic mass is 10.0. The second kappa shape index (κ2) is 11.4. The van der Waals surface area contributed by atoms with Gasteiger partial charge < -0.3 is 15.4 Å². The number of anilines is 2. The van der Waals surface area contributed by atoms with Crippen molar-refractivity contribution in [1.82, 2.24) is 29.9 Å². The largest absolute Gasteiger partial charge is 0.435 e. The summed E-state index contributed by atoms with van der Waals surface area (Å²) in [6.07, 6.45) is 6.00. The standard InChI is InChI=1S/C28H28F2N8O3S/c1-2-17-12-18(13-19-14-32-28(36-25(17)19)35-20-4-3-11-31-15-20)23-9-10-24-26(33-16-34-38(23)24)37-42(39,40)22-7-5-21(6-8-22)41-27(29)30/h5-10,12-14,16,20,27,31H,2-4,11,15H2,1H3,(H,32,35,36)(H,33,34,37). The number of piperidine rings is 1. The Labute approximate surface area is 240 Å². The Hall–Kier alpha value is -4.43. The van der Waals surface area contributed by atoms with Crippen molar-refractivity contribution in [1.29, 1.82) is 0 Å². The van der Waals surface area contributed by atoms with Gasteiger partial charge >= 0.3 is 6.61 Å². The van der Waals surface area contributed by atoms with Gasteiger partial charge in [0.25, 0.3) is 10.0 Å². The number of alkyl halides is 2. The average molecular weight is 595 g/mol. The van der Waals surface area contributed by atoms with Gasteiger partial charge in [0.2, 0.25) is 5.95 Å². The lowest BCUT2D eigenvalue weighted by Gasteiger charge is -2.23. The Bertz CT molecular complexity index is 1840. The fourth-order valence-electron chi connectivity index (χ4n) is 5.08. The molecule has 1 unspecified atom stereocenters. The van der Waals surface area contributed by atoms with Crippen molar-refractivity contribution in [2.75, 3.05) is 23.1 Å². The Balaban J connectivity index is 1.30. The van der Waals surface area contributed by atoms with Gasteiger partial charge in [0.15, 0.2) is 5.82 Å². The van der Waals surface area contributed by atoms with E-state index in [1.165, 1.54) is 18.5 Å². The quantitative estimate of drug-likeness (QED) is 0.226. The molecule has 218 valence electrons. The summed E-state index contributed by atoms with van der Waals surface area (Å²) >= 11 is 0. The summed E-state index contributed by atoms with van der Waals surface area (Å²) in [6, 6.07) is 12.6. The first-order chi connectivity index (χ1) is 20.3. The zero-order chi connectivity index (χ0) is 29.3. The Morgan fingerprint density at radius 1 is 1.14 bits per heavy atom. The molecule has 0 aliphatic carbocycles. The van der Waals surface area contributed by atoms with Gasteiger partial charge in [-0.3, -0.25) is 4.72 Å². The molecule has 5 aromatic rings. The van der Waals surface area contributed by atoms with Crippen LogP contribution in [-0.2, 0) is 16.4 Å². The lowest BCUT2D eigenvalue weighted by Crippen LogP contribution is -2.38. The molecule has 0 bridgehead atoms. The van der Waals surface area contributed by atoms with Crippen molar-refractivity contribution < 1.29 is 21.9 Å². The first kappa shape index (κ1) is 27.7. The number of halogens is 2. The van der Waals surface area contributed by atoms with Crippen LogP contribution in [0, 0.1) is 0 Å². The zero-order valence-electron chi connectivity index (χ0n) is 22.6. The predicted octanol–water partition coefficient (Wildman–Crippen LogP) is 4.47. The molecule has 2 aromatic carbocycles. The van der Waals surface area contributed by atoms with E-state index in [0.717, 1.165) is 72.2 Å². The van der Waals surface area contributed by atoms with Crippen molar-refractivity contribution in [3.05, 3.63) is 66.6 Å².